The third kappa shape index (κ3) is 3.88. The highest BCUT2D eigenvalue weighted by Crippen LogP contribution is 2.14. The quantitative estimate of drug-likeness (QED) is 0.798. The molecule has 0 saturated heterocycles. The second-order valence-corrected chi connectivity index (χ2v) is 4.85. The van der Waals surface area contributed by atoms with E-state index in [1.807, 2.05) is 20.0 Å². The average Bonchev–Trinajstić information content (AvgIpc) is 2.07. The van der Waals surface area contributed by atoms with Gasteiger partial charge >= 0.3 is 0 Å². The van der Waals surface area contributed by atoms with Gasteiger partial charge in [0.05, 0.1) is 0 Å². The van der Waals surface area contributed by atoms with Crippen LogP contribution in [-0.4, -0.2) is 17.6 Å². The van der Waals surface area contributed by atoms with Crippen LogP contribution in [-0.2, 0) is 6.54 Å². The summed E-state index contributed by atoms with van der Waals surface area (Å²) in [5.74, 6) is 0.944. The standard InChI is InChI=1S/C12H21N3/c1-9-10(8-13-5)6-7-11(14-9)15-12(2,3)4/h6-7,13H,8H2,1-5H3,(H,14,15). The van der Waals surface area contributed by atoms with Crippen molar-refractivity contribution in [2.45, 2.75) is 39.8 Å². The molecule has 3 nitrogen and oxygen atoms in total. The molecule has 1 aromatic rings. The number of rotatable bonds is 3. The van der Waals surface area contributed by atoms with Crippen molar-refractivity contribution in [2.24, 2.45) is 0 Å². The fourth-order valence-electron chi connectivity index (χ4n) is 1.42. The molecule has 0 amide bonds. The van der Waals surface area contributed by atoms with Gasteiger partial charge in [0.2, 0.25) is 0 Å². The first-order chi connectivity index (χ1) is 6.92. The van der Waals surface area contributed by atoms with Gasteiger partial charge in [0, 0.05) is 17.8 Å². The maximum Gasteiger partial charge on any atom is 0.126 e. The molecule has 2 N–H and O–H groups in total. The third-order valence-corrected chi connectivity index (χ3v) is 2.07. The third-order valence-electron chi connectivity index (χ3n) is 2.07. The average molecular weight is 207 g/mol. The van der Waals surface area contributed by atoms with Gasteiger partial charge in [-0.2, -0.15) is 0 Å². The Morgan fingerprint density at radius 2 is 1.93 bits per heavy atom. The first-order valence-electron chi connectivity index (χ1n) is 5.32. The summed E-state index contributed by atoms with van der Waals surface area (Å²) in [4.78, 5) is 4.53. The summed E-state index contributed by atoms with van der Waals surface area (Å²) >= 11 is 0. The SMILES string of the molecule is CNCc1ccc(NC(C)(C)C)nc1C. The maximum absolute atomic E-state index is 4.53. The van der Waals surface area contributed by atoms with Crippen LogP contribution in [0.4, 0.5) is 5.82 Å². The first-order valence-corrected chi connectivity index (χ1v) is 5.32. The summed E-state index contributed by atoms with van der Waals surface area (Å²) in [6.07, 6.45) is 0. The summed E-state index contributed by atoms with van der Waals surface area (Å²) in [5.41, 5.74) is 2.39. The second-order valence-electron chi connectivity index (χ2n) is 4.85. The van der Waals surface area contributed by atoms with E-state index in [0.29, 0.717) is 0 Å². The van der Waals surface area contributed by atoms with Crippen molar-refractivity contribution in [3.8, 4) is 0 Å². The lowest BCUT2D eigenvalue weighted by Crippen LogP contribution is -2.26. The molecule has 84 valence electrons. The predicted octanol–water partition coefficient (Wildman–Crippen LogP) is 2.32. The smallest absolute Gasteiger partial charge is 0.126 e. The molecule has 0 aliphatic rings. The Labute approximate surface area is 92.3 Å². The highest BCUT2D eigenvalue weighted by atomic mass is 15.0. The van der Waals surface area contributed by atoms with Crippen LogP contribution in [0.2, 0.25) is 0 Å². The number of pyridine rings is 1. The molecule has 0 unspecified atom stereocenters. The van der Waals surface area contributed by atoms with E-state index >= 15 is 0 Å². The van der Waals surface area contributed by atoms with Crippen LogP contribution in [0.5, 0.6) is 0 Å². The predicted molar refractivity (Wildman–Crippen MR) is 65.1 cm³/mol. The number of anilines is 1. The summed E-state index contributed by atoms with van der Waals surface area (Å²) in [6.45, 7) is 9.30. The van der Waals surface area contributed by atoms with Gasteiger partial charge in [-0.05, 0) is 46.4 Å². The molecule has 1 aromatic heterocycles. The number of hydrogen-bond acceptors (Lipinski definition) is 3. The zero-order valence-corrected chi connectivity index (χ0v) is 10.3. The molecule has 0 fully saturated rings. The van der Waals surface area contributed by atoms with Crippen molar-refractivity contribution < 1.29 is 0 Å². The summed E-state index contributed by atoms with van der Waals surface area (Å²) in [7, 11) is 1.95. The summed E-state index contributed by atoms with van der Waals surface area (Å²) in [6, 6.07) is 4.15. The number of hydrogen-bond donors (Lipinski definition) is 2. The van der Waals surface area contributed by atoms with E-state index in [1.165, 1.54) is 5.56 Å². The Morgan fingerprint density at radius 3 is 2.40 bits per heavy atom. The van der Waals surface area contributed by atoms with Gasteiger partial charge in [0.1, 0.15) is 5.82 Å². The van der Waals surface area contributed by atoms with Crippen molar-refractivity contribution in [3.05, 3.63) is 23.4 Å². The molecule has 3 heteroatoms. The lowest BCUT2D eigenvalue weighted by atomic mass is 10.1. The molecule has 1 heterocycles. The number of nitrogens with zero attached hydrogens (tertiary/aromatic N) is 1. The zero-order chi connectivity index (χ0) is 11.5. The Balaban J connectivity index is 2.82. The van der Waals surface area contributed by atoms with Gasteiger partial charge in [0.25, 0.3) is 0 Å². The Kier molecular flexibility index (Phi) is 3.69. The van der Waals surface area contributed by atoms with Crippen LogP contribution in [0.1, 0.15) is 32.0 Å². The van der Waals surface area contributed by atoms with E-state index in [1.54, 1.807) is 0 Å². The topological polar surface area (TPSA) is 37.0 Å². The fourth-order valence-corrected chi connectivity index (χ4v) is 1.42. The van der Waals surface area contributed by atoms with E-state index in [2.05, 4.69) is 42.5 Å². The Morgan fingerprint density at radius 1 is 1.27 bits per heavy atom. The highest BCUT2D eigenvalue weighted by molar-refractivity contribution is 5.40. The lowest BCUT2D eigenvalue weighted by molar-refractivity contribution is 0.629. The van der Waals surface area contributed by atoms with Crippen LogP contribution >= 0.6 is 0 Å². The van der Waals surface area contributed by atoms with Crippen LogP contribution in [0, 0.1) is 6.92 Å². The lowest BCUT2D eigenvalue weighted by Gasteiger charge is -2.21. The molecule has 0 bridgehead atoms. The first kappa shape index (κ1) is 12.0. The van der Waals surface area contributed by atoms with E-state index in [4.69, 9.17) is 0 Å². The summed E-state index contributed by atoms with van der Waals surface area (Å²) < 4.78 is 0. The highest BCUT2D eigenvalue weighted by Gasteiger charge is 2.10. The van der Waals surface area contributed by atoms with Crippen LogP contribution < -0.4 is 10.6 Å². The van der Waals surface area contributed by atoms with Crippen LogP contribution in [0.15, 0.2) is 12.1 Å². The molecule has 0 radical (unpaired) electrons. The maximum atomic E-state index is 4.53. The Bertz CT molecular complexity index is 326. The summed E-state index contributed by atoms with van der Waals surface area (Å²) in [5, 5.41) is 6.49. The van der Waals surface area contributed by atoms with Gasteiger partial charge < -0.3 is 10.6 Å². The van der Waals surface area contributed by atoms with Gasteiger partial charge in [-0.25, -0.2) is 4.98 Å². The molecule has 0 atom stereocenters. The fraction of sp³-hybridized carbons (Fsp3) is 0.583. The van der Waals surface area contributed by atoms with Crippen LogP contribution in [0.3, 0.4) is 0 Å². The Hall–Kier alpha value is -1.09. The van der Waals surface area contributed by atoms with Crippen LogP contribution in [0.25, 0.3) is 0 Å². The molecule has 0 spiro atoms. The monoisotopic (exact) mass is 207 g/mol. The number of nitrogens with one attached hydrogen (secondary N) is 2. The van der Waals surface area contributed by atoms with E-state index in [0.717, 1.165) is 18.1 Å². The minimum atomic E-state index is 0.0595. The van der Waals surface area contributed by atoms with Crippen molar-refractivity contribution in [1.29, 1.82) is 0 Å². The molecule has 0 aromatic carbocycles. The van der Waals surface area contributed by atoms with Crippen molar-refractivity contribution in [1.82, 2.24) is 10.3 Å². The van der Waals surface area contributed by atoms with Crippen molar-refractivity contribution in [2.75, 3.05) is 12.4 Å². The van der Waals surface area contributed by atoms with E-state index in [9.17, 15) is 0 Å². The molecular formula is C12H21N3. The van der Waals surface area contributed by atoms with Gasteiger partial charge in [0.15, 0.2) is 0 Å². The van der Waals surface area contributed by atoms with Gasteiger partial charge in [-0.1, -0.05) is 6.07 Å². The number of aryl methyl sites for hydroxylation is 1. The molecule has 1 rings (SSSR count). The largest absolute Gasteiger partial charge is 0.365 e. The molecule has 0 aliphatic carbocycles. The minimum absolute atomic E-state index is 0.0595. The second kappa shape index (κ2) is 4.62. The van der Waals surface area contributed by atoms with Crippen molar-refractivity contribution in [3.63, 3.8) is 0 Å². The van der Waals surface area contributed by atoms with E-state index < -0.39 is 0 Å². The molecule has 0 aliphatic heterocycles. The van der Waals surface area contributed by atoms with E-state index in [-0.39, 0.29) is 5.54 Å². The molecular weight excluding hydrogens is 186 g/mol. The minimum Gasteiger partial charge on any atom is -0.365 e. The zero-order valence-electron chi connectivity index (χ0n) is 10.3. The molecule has 0 saturated carbocycles. The van der Waals surface area contributed by atoms with Gasteiger partial charge in [-0.15, -0.1) is 0 Å². The van der Waals surface area contributed by atoms with Gasteiger partial charge in [-0.3, -0.25) is 0 Å². The number of aromatic nitrogens is 1. The van der Waals surface area contributed by atoms with Crippen molar-refractivity contribution >= 4 is 5.82 Å². The molecule has 15 heavy (non-hydrogen) atoms. The normalized spacial score (nSPS) is 11.5.